The second-order valence-electron chi connectivity index (χ2n) is 7.42. The number of nitrogens with zero attached hydrogens (tertiary/aromatic N) is 1. The molecular formula is C20H31F3N4O3. The van der Waals surface area contributed by atoms with Gasteiger partial charge in [-0.05, 0) is 45.4 Å². The Morgan fingerprint density at radius 1 is 1.13 bits per heavy atom. The van der Waals surface area contributed by atoms with Crippen molar-refractivity contribution in [2.24, 2.45) is 4.99 Å². The average Bonchev–Trinajstić information content (AvgIpc) is 2.63. The smallest absolute Gasteiger partial charge is 0.416 e. The van der Waals surface area contributed by atoms with E-state index >= 15 is 0 Å². The minimum Gasteiger partial charge on any atom is -0.488 e. The van der Waals surface area contributed by atoms with E-state index in [1.165, 1.54) is 19.2 Å². The molecule has 0 bridgehead atoms. The summed E-state index contributed by atoms with van der Waals surface area (Å²) in [6.07, 6.45) is -4.55. The van der Waals surface area contributed by atoms with Crippen LogP contribution in [0, 0.1) is 0 Å². The van der Waals surface area contributed by atoms with Gasteiger partial charge < -0.3 is 25.4 Å². The first-order valence-electron chi connectivity index (χ1n) is 9.63. The van der Waals surface area contributed by atoms with Gasteiger partial charge in [-0.3, -0.25) is 4.79 Å². The van der Waals surface area contributed by atoms with Gasteiger partial charge in [-0.15, -0.1) is 0 Å². The van der Waals surface area contributed by atoms with Crippen molar-refractivity contribution in [3.8, 4) is 5.75 Å². The second kappa shape index (κ2) is 11.6. The number of methoxy groups -OCH3 is 1. The van der Waals surface area contributed by atoms with Crippen LogP contribution in [-0.4, -0.2) is 50.8 Å². The number of alkyl halides is 3. The lowest BCUT2D eigenvalue weighted by molar-refractivity contribution is -0.138. The van der Waals surface area contributed by atoms with Crippen molar-refractivity contribution >= 4 is 11.9 Å². The fourth-order valence-electron chi connectivity index (χ4n) is 2.40. The number of amides is 1. The van der Waals surface area contributed by atoms with E-state index in [9.17, 15) is 18.0 Å². The number of rotatable bonds is 9. The average molecular weight is 432 g/mol. The molecule has 0 fully saturated rings. The number of hydrogen-bond acceptors (Lipinski definition) is 4. The normalized spacial score (nSPS) is 12.5. The zero-order valence-electron chi connectivity index (χ0n) is 18.1. The van der Waals surface area contributed by atoms with E-state index in [-0.39, 0.29) is 36.3 Å². The fraction of sp³-hybridized carbons (Fsp3) is 0.600. The summed E-state index contributed by atoms with van der Waals surface area (Å²) in [5.74, 6) is 0.0974. The van der Waals surface area contributed by atoms with Crippen LogP contribution in [0.2, 0.25) is 0 Å². The molecule has 7 nitrogen and oxygen atoms in total. The van der Waals surface area contributed by atoms with E-state index in [2.05, 4.69) is 20.9 Å². The molecule has 1 amide bonds. The van der Waals surface area contributed by atoms with Crippen molar-refractivity contribution < 1.29 is 27.4 Å². The minimum atomic E-state index is -4.55. The number of halogens is 3. The van der Waals surface area contributed by atoms with Crippen LogP contribution in [0.5, 0.6) is 5.75 Å². The maximum atomic E-state index is 13.5. The Morgan fingerprint density at radius 3 is 2.40 bits per heavy atom. The summed E-state index contributed by atoms with van der Waals surface area (Å²) in [5.41, 5.74) is -1.42. The number of guanidine groups is 1. The van der Waals surface area contributed by atoms with Gasteiger partial charge in [0.2, 0.25) is 5.91 Å². The highest BCUT2D eigenvalue weighted by molar-refractivity contribution is 5.86. The van der Waals surface area contributed by atoms with Crippen molar-refractivity contribution in [1.29, 1.82) is 0 Å². The van der Waals surface area contributed by atoms with Crippen molar-refractivity contribution in [1.82, 2.24) is 16.0 Å². The molecule has 10 heteroatoms. The largest absolute Gasteiger partial charge is 0.488 e. The lowest BCUT2D eigenvalue weighted by Gasteiger charge is -2.22. The van der Waals surface area contributed by atoms with Crippen LogP contribution in [0.3, 0.4) is 0 Å². The standard InChI is InChI=1S/C20H31F3N4O3/c1-6-24-18(27-13-17(28)25-9-10-29-5)26-12-14-7-8-15(30-19(2,3)4)11-16(14)20(21,22)23/h7-8,11H,6,9-10,12-13H2,1-5H3,(H,25,28)(H2,24,26,27). The highest BCUT2D eigenvalue weighted by atomic mass is 19.4. The first kappa shape index (κ1) is 25.5. The molecule has 0 unspecified atom stereocenters. The van der Waals surface area contributed by atoms with E-state index < -0.39 is 17.3 Å². The van der Waals surface area contributed by atoms with Gasteiger partial charge in [-0.25, -0.2) is 4.99 Å². The fourth-order valence-corrected chi connectivity index (χ4v) is 2.40. The molecule has 0 aromatic heterocycles. The predicted molar refractivity (Wildman–Crippen MR) is 110 cm³/mol. The molecule has 0 aliphatic rings. The molecule has 0 aliphatic heterocycles. The SMILES string of the molecule is CCNC(=NCc1ccc(OC(C)(C)C)cc1C(F)(F)F)NCC(=O)NCCOC. The zero-order valence-corrected chi connectivity index (χ0v) is 18.1. The second-order valence-corrected chi connectivity index (χ2v) is 7.42. The summed E-state index contributed by atoms with van der Waals surface area (Å²) in [6, 6.07) is 3.84. The van der Waals surface area contributed by atoms with Gasteiger partial charge in [0, 0.05) is 20.2 Å². The summed E-state index contributed by atoms with van der Waals surface area (Å²) >= 11 is 0. The number of ether oxygens (including phenoxy) is 2. The molecule has 3 N–H and O–H groups in total. The molecule has 1 aromatic carbocycles. The van der Waals surface area contributed by atoms with Crippen molar-refractivity contribution in [2.75, 3.05) is 33.4 Å². The lowest BCUT2D eigenvalue weighted by Crippen LogP contribution is -2.43. The molecule has 0 heterocycles. The number of aliphatic imine (C=N–C) groups is 1. The predicted octanol–water partition coefficient (Wildman–Crippen LogP) is 2.70. The molecule has 30 heavy (non-hydrogen) atoms. The molecule has 0 atom stereocenters. The Labute approximate surface area is 175 Å². The number of nitrogens with one attached hydrogen (secondary N) is 3. The van der Waals surface area contributed by atoms with Crippen LogP contribution in [0.25, 0.3) is 0 Å². The molecule has 0 spiro atoms. The summed E-state index contributed by atoms with van der Waals surface area (Å²) < 4.78 is 51.0. The van der Waals surface area contributed by atoms with Crippen LogP contribution >= 0.6 is 0 Å². The highest BCUT2D eigenvalue weighted by Crippen LogP contribution is 2.35. The zero-order chi connectivity index (χ0) is 22.8. The Bertz CT molecular complexity index is 716. The molecule has 1 aromatic rings. The molecule has 0 radical (unpaired) electrons. The van der Waals surface area contributed by atoms with Crippen molar-refractivity contribution in [3.63, 3.8) is 0 Å². The van der Waals surface area contributed by atoms with Crippen molar-refractivity contribution in [2.45, 2.75) is 46.0 Å². The van der Waals surface area contributed by atoms with Crippen LogP contribution < -0.4 is 20.7 Å². The first-order chi connectivity index (χ1) is 14.0. The molecular weight excluding hydrogens is 401 g/mol. The Balaban J connectivity index is 2.92. The van der Waals surface area contributed by atoms with E-state index in [0.29, 0.717) is 19.7 Å². The summed E-state index contributed by atoms with van der Waals surface area (Å²) in [5, 5.41) is 8.34. The van der Waals surface area contributed by atoms with Crippen LogP contribution in [0.4, 0.5) is 13.2 Å². The van der Waals surface area contributed by atoms with Gasteiger partial charge in [0.25, 0.3) is 0 Å². The number of hydrogen-bond donors (Lipinski definition) is 3. The lowest BCUT2D eigenvalue weighted by atomic mass is 10.1. The van der Waals surface area contributed by atoms with Crippen LogP contribution in [0.15, 0.2) is 23.2 Å². The third kappa shape index (κ3) is 9.82. The molecule has 170 valence electrons. The van der Waals surface area contributed by atoms with Crippen LogP contribution in [0.1, 0.15) is 38.8 Å². The quantitative estimate of drug-likeness (QED) is 0.318. The number of carbonyl (C=O) groups excluding carboxylic acids is 1. The van der Waals surface area contributed by atoms with Gasteiger partial charge in [-0.2, -0.15) is 13.2 Å². The van der Waals surface area contributed by atoms with Gasteiger partial charge in [0.05, 0.1) is 25.3 Å². The summed E-state index contributed by atoms with van der Waals surface area (Å²) in [7, 11) is 1.53. The monoisotopic (exact) mass is 432 g/mol. The third-order valence-corrected chi connectivity index (χ3v) is 3.61. The third-order valence-electron chi connectivity index (χ3n) is 3.61. The minimum absolute atomic E-state index is 0.00510. The Kier molecular flexibility index (Phi) is 9.91. The maximum Gasteiger partial charge on any atom is 0.416 e. The van der Waals surface area contributed by atoms with Gasteiger partial charge in [0.15, 0.2) is 5.96 Å². The Morgan fingerprint density at radius 2 is 1.83 bits per heavy atom. The molecule has 0 saturated carbocycles. The summed E-state index contributed by atoms with van der Waals surface area (Å²) in [4.78, 5) is 15.9. The van der Waals surface area contributed by atoms with Crippen molar-refractivity contribution in [3.05, 3.63) is 29.3 Å². The first-order valence-corrected chi connectivity index (χ1v) is 9.63. The maximum absolute atomic E-state index is 13.5. The number of benzene rings is 1. The topological polar surface area (TPSA) is 84.0 Å². The molecule has 0 saturated heterocycles. The highest BCUT2D eigenvalue weighted by Gasteiger charge is 2.34. The van der Waals surface area contributed by atoms with Gasteiger partial charge in [0.1, 0.15) is 11.4 Å². The van der Waals surface area contributed by atoms with E-state index in [0.717, 1.165) is 6.07 Å². The molecule has 0 aliphatic carbocycles. The van der Waals surface area contributed by atoms with Crippen LogP contribution in [-0.2, 0) is 22.3 Å². The summed E-state index contributed by atoms with van der Waals surface area (Å²) in [6.45, 7) is 8.05. The van der Waals surface area contributed by atoms with Gasteiger partial charge >= 0.3 is 6.18 Å². The van der Waals surface area contributed by atoms with Gasteiger partial charge in [-0.1, -0.05) is 6.07 Å². The van der Waals surface area contributed by atoms with E-state index in [1.807, 2.05) is 6.92 Å². The van der Waals surface area contributed by atoms with E-state index in [4.69, 9.17) is 9.47 Å². The number of carbonyl (C=O) groups is 1. The Hall–Kier alpha value is -2.49. The van der Waals surface area contributed by atoms with E-state index in [1.54, 1.807) is 20.8 Å². The molecule has 1 rings (SSSR count).